The van der Waals surface area contributed by atoms with Gasteiger partial charge in [-0.25, -0.2) is 0 Å². The second-order valence-electron chi connectivity index (χ2n) is 5.71. The Morgan fingerprint density at radius 3 is 2.79 bits per heavy atom. The molecular weight excluding hydrogens is 302 g/mol. The van der Waals surface area contributed by atoms with Crippen molar-refractivity contribution >= 4 is 11.6 Å². The van der Waals surface area contributed by atoms with Crippen LogP contribution >= 0.6 is 0 Å². The van der Waals surface area contributed by atoms with Gasteiger partial charge in [0.1, 0.15) is 0 Å². The summed E-state index contributed by atoms with van der Waals surface area (Å²) in [6.45, 7) is 1.57. The summed E-state index contributed by atoms with van der Waals surface area (Å²) in [6.07, 6.45) is 2.53. The van der Waals surface area contributed by atoms with Crippen LogP contribution in [-0.4, -0.2) is 27.6 Å². The van der Waals surface area contributed by atoms with Gasteiger partial charge in [0.05, 0.1) is 17.6 Å². The van der Waals surface area contributed by atoms with Crippen LogP contribution in [0.3, 0.4) is 0 Å². The number of fused-ring (bicyclic) bond motifs is 1. The van der Waals surface area contributed by atoms with Gasteiger partial charge in [-0.05, 0) is 12.1 Å². The molecule has 0 saturated carbocycles. The highest BCUT2D eigenvalue weighted by Gasteiger charge is 2.21. The van der Waals surface area contributed by atoms with E-state index in [-0.39, 0.29) is 5.91 Å². The number of aromatic amines is 1. The molecule has 0 saturated heterocycles. The summed E-state index contributed by atoms with van der Waals surface area (Å²) in [6, 6.07) is 13.7. The van der Waals surface area contributed by atoms with E-state index in [0.717, 1.165) is 35.5 Å². The van der Waals surface area contributed by atoms with Crippen molar-refractivity contribution in [2.24, 2.45) is 0 Å². The van der Waals surface area contributed by atoms with Gasteiger partial charge in [-0.1, -0.05) is 30.3 Å². The lowest BCUT2D eigenvalue weighted by Crippen LogP contribution is -2.25. The molecule has 0 spiro atoms. The minimum atomic E-state index is -0.217. The molecule has 6 nitrogen and oxygen atoms in total. The van der Waals surface area contributed by atoms with Crippen LogP contribution in [0, 0.1) is 0 Å². The van der Waals surface area contributed by atoms with Crippen LogP contribution in [0.25, 0.3) is 11.3 Å². The quantitative estimate of drug-likeness (QED) is 0.692. The van der Waals surface area contributed by atoms with Gasteiger partial charge in [0.15, 0.2) is 5.69 Å². The fourth-order valence-corrected chi connectivity index (χ4v) is 2.85. The fraction of sp³-hybridized carbons (Fsp3) is 0.167. The normalized spacial score (nSPS) is 13.3. The second-order valence-corrected chi connectivity index (χ2v) is 5.71. The van der Waals surface area contributed by atoms with Crippen LogP contribution in [0.5, 0.6) is 0 Å². The maximum Gasteiger partial charge on any atom is 0.276 e. The predicted octanol–water partition coefficient (Wildman–Crippen LogP) is 2.37. The number of nitrogens with zero attached hydrogens (tertiary/aromatic N) is 2. The standard InChI is InChI=1S/C18H17N5O/c24-18(17-14-11-19-9-8-16(14)22-23-17)21-13-6-7-15(20-10-13)12-4-2-1-3-5-12/h1-7,10,19H,8-9,11H2,(H,21,24)(H,22,23). The molecule has 1 aromatic carbocycles. The van der Waals surface area contributed by atoms with Gasteiger partial charge in [0, 0.05) is 36.3 Å². The summed E-state index contributed by atoms with van der Waals surface area (Å²) in [5.74, 6) is -0.217. The van der Waals surface area contributed by atoms with E-state index in [1.807, 2.05) is 42.5 Å². The number of amides is 1. The Hall–Kier alpha value is -2.99. The summed E-state index contributed by atoms with van der Waals surface area (Å²) in [5, 5.41) is 13.2. The largest absolute Gasteiger partial charge is 0.319 e. The zero-order valence-corrected chi connectivity index (χ0v) is 13.0. The Labute approximate surface area is 139 Å². The van der Waals surface area contributed by atoms with Crippen LogP contribution in [0.2, 0.25) is 0 Å². The van der Waals surface area contributed by atoms with E-state index in [4.69, 9.17) is 0 Å². The first-order valence-electron chi connectivity index (χ1n) is 7.91. The first-order chi connectivity index (χ1) is 11.8. The molecule has 3 heterocycles. The number of rotatable bonds is 3. The first kappa shape index (κ1) is 14.6. The molecule has 0 radical (unpaired) electrons. The van der Waals surface area contributed by atoms with E-state index in [1.165, 1.54) is 0 Å². The molecule has 3 aromatic rings. The average Bonchev–Trinajstić information content (AvgIpc) is 3.07. The molecule has 24 heavy (non-hydrogen) atoms. The summed E-state index contributed by atoms with van der Waals surface area (Å²) < 4.78 is 0. The van der Waals surface area contributed by atoms with Gasteiger partial charge in [-0.15, -0.1) is 0 Å². The van der Waals surface area contributed by atoms with Crippen LogP contribution < -0.4 is 10.6 Å². The van der Waals surface area contributed by atoms with Crippen molar-refractivity contribution < 1.29 is 4.79 Å². The van der Waals surface area contributed by atoms with Crippen LogP contribution in [-0.2, 0) is 13.0 Å². The minimum Gasteiger partial charge on any atom is -0.319 e. The average molecular weight is 319 g/mol. The van der Waals surface area contributed by atoms with Crippen molar-refractivity contribution in [2.75, 3.05) is 11.9 Å². The van der Waals surface area contributed by atoms with Crippen molar-refractivity contribution in [3.63, 3.8) is 0 Å². The number of hydrogen-bond acceptors (Lipinski definition) is 4. The van der Waals surface area contributed by atoms with Gasteiger partial charge in [0.25, 0.3) is 5.91 Å². The molecule has 0 bridgehead atoms. The van der Waals surface area contributed by atoms with Gasteiger partial charge in [-0.2, -0.15) is 5.10 Å². The summed E-state index contributed by atoms with van der Waals surface area (Å²) in [4.78, 5) is 16.9. The number of benzene rings is 1. The predicted molar refractivity (Wildman–Crippen MR) is 91.6 cm³/mol. The molecule has 0 aliphatic carbocycles. The lowest BCUT2D eigenvalue weighted by molar-refractivity contribution is 0.102. The maximum atomic E-state index is 12.5. The highest BCUT2D eigenvalue weighted by molar-refractivity contribution is 6.04. The second kappa shape index (κ2) is 6.25. The van der Waals surface area contributed by atoms with Gasteiger partial charge < -0.3 is 10.6 Å². The Balaban J connectivity index is 1.51. The Morgan fingerprint density at radius 1 is 1.12 bits per heavy atom. The zero-order valence-electron chi connectivity index (χ0n) is 13.0. The highest BCUT2D eigenvalue weighted by Crippen LogP contribution is 2.20. The van der Waals surface area contributed by atoms with E-state index in [9.17, 15) is 4.79 Å². The Bertz CT molecular complexity index is 855. The number of pyridine rings is 1. The zero-order chi connectivity index (χ0) is 16.4. The third kappa shape index (κ3) is 2.79. The molecule has 6 heteroatoms. The molecule has 0 fully saturated rings. The van der Waals surface area contributed by atoms with Gasteiger partial charge >= 0.3 is 0 Å². The highest BCUT2D eigenvalue weighted by atomic mass is 16.1. The molecule has 1 amide bonds. The third-order valence-corrected chi connectivity index (χ3v) is 4.11. The molecule has 3 N–H and O–H groups in total. The molecule has 4 rings (SSSR count). The molecule has 120 valence electrons. The van der Waals surface area contributed by atoms with E-state index in [0.29, 0.717) is 17.9 Å². The van der Waals surface area contributed by atoms with Crippen LogP contribution in [0.15, 0.2) is 48.7 Å². The molecule has 0 atom stereocenters. The maximum absolute atomic E-state index is 12.5. The van der Waals surface area contributed by atoms with Crippen molar-refractivity contribution in [1.82, 2.24) is 20.5 Å². The topological polar surface area (TPSA) is 82.7 Å². The minimum absolute atomic E-state index is 0.217. The molecule has 2 aromatic heterocycles. The molecular formula is C18H17N5O. The molecule has 1 aliphatic heterocycles. The van der Waals surface area contributed by atoms with E-state index < -0.39 is 0 Å². The Kier molecular flexibility index (Phi) is 3.80. The number of anilines is 1. The summed E-state index contributed by atoms with van der Waals surface area (Å²) in [7, 11) is 0. The Morgan fingerprint density at radius 2 is 2.00 bits per heavy atom. The van der Waals surface area contributed by atoms with Gasteiger partial charge in [0.2, 0.25) is 0 Å². The monoisotopic (exact) mass is 319 g/mol. The van der Waals surface area contributed by atoms with Crippen molar-refractivity contribution in [1.29, 1.82) is 0 Å². The number of carbonyl (C=O) groups excluding carboxylic acids is 1. The molecule has 0 unspecified atom stereocenters. The first-order valence-corrected chi connectivity index (χ1v) is 7.91. The summed E-state index contributed by atoms with van der Waals surface area (Å²) >= 11 is 0. The summed E-state index contributed by atoms with van der Waals surface area (Å²) in [5.41, 5.74) is 5.01. The van der Waals surface area contributed by atoms with E-state index in [1.54, 1.807) is 6.20 Å². The number of aromatic nitrogens is 3. The lowest BCUT2D eigenvalue weighted by Gasteiger charge is -2.12. The SMILES string of the molecule is O=C(Nc1ccc(-c2ccccc2)nc1)c1n[nH]c2c1CNCC2. The number of carbonyl (C=O) groups is 1. The number of nitrogens with one attached hydrogen (secondary N) is 3. The van der Waals surface area contributed by atoms with E-state index in [2.05, 4.69) is 25.8 Å². The van der Waals surface area contributed by atoms with Crippen molar-refractivity contribution in [3.8, 4) is 11.3 Å². The number of H-pyrrole nitrogens is 1. The van der Waals surface area contributed by atoms with Crippen LogP contribution in [0.1, 0.15) is 21.7 Å². The molecule has 1 aliphatic rings. The van der Waals surface area contributed by atoms with Crippen molar-refractivity contribution in [3.05, 3.63) is 65.6 Å². The fourth-order valence-electron chi connectivity index (χ4n) is 2.85. The van der Waals surface area contributed by atoms with Gasteiger partial charge in [-0.3, -0.25) is 14.9 Å². The lowest BCUT2D eigenvalue weighted by atomic mass is 10.1. The smallest absolute Gasteiger partial charge is 0.276 e. The van der Waals surface area contributed by atoms with Crippen molar-refractivity contribution in [2.45, 2.75) is 13.0 Å². The number of hydrogen-bond donors (Lipinski definition) is 3. The van der Waals surface area contributed by atoms with E-state index >= 15 is 0 Å². The van der Waals surface area contributed by atoms with Crippen LogP contribution in [0.4, 0.5) is 5.69 Å². The third-order valence-electron chi connectivity index (χ3n) is 4.11.